The van der Waals surface area contributed by atoms with Crippen molar-refractivity contribution in [2.24, 2.45) is 0 Å². The zero-order valence-electron chi connectivity index (χ0n) is 9.47. The molecule has 0 fully saturated rings. The van der Waals surface area contributed by atoms with Gasteiger partial charge < -0.3 is 14.6 Å². The van der Waals surface area contributed by atoms with Crippen LogP contribution in [0.15, 0.2) is 24.3 Å². The number of para-hydroxylation sites is 1. The fourth-order valence-electron chi connectivity index (χ4n) is 1.28. The number of aliphatic carboxylic acids is 1. The van der Waals surface area contributed by atoms with Gasteiger partial charge in [0.05, 0.1) is 14.2 Å². The molecule has 0 unspecified atom stereocenters. The van der Waals surface area contributed by atoms with Crippen molar-refractivity contribution >= 4 is 17.8 Å². The van der Waals surface area contributed by atoms with Crippen molar-refractivity contribution in [2.45, 2.75) is 0 Å². The fraction of sp³-hybridized carbons (Fsp3) is 0.167. The smallest absolute Gasteiger partial charge is 0.376 e. The summed E-state index contributed by atoms with van der Waals surface area (Å²) in [6, 6.07) is 5.11. The lowest BCUT2D eigenvalue weighted by Crippen LogP contribution is -2.08. The molecule has 1 aromatic carbocycles. The molecule has 0 aliphatic carbocycles. The number of carbonyl (C=O) groups excluding carboxylic acids is 1. The van der Waals surface area contributed by atoms with Gasteiger partial charge in [-0.2, -0.15) is 0 Å². The number of carbonyl (C=O) groups is 2. The fourth-order valence-corrected chi connectivity index (χ4v) is 1.28. The maximum Gasteiger partial charge on any atom is 0.376 e. The minimum atomic E-state index is -1.50. The number of methoxy groups -OCH3 is 2. The Labute approximate surface area is 98.3 Å². The molecule has 17 heavy (non-hydrogen) atoms. The molecule has 0 aromatic heterocycles. The second-order valence-electron chi connectivity index (χ2n) is 3.09. The molecule has 1 aromatic rings. The van der Waals surface area contributed by atoms with Crippen LogP contribution in [-0.4, -0.2) is 31.1 Å². The van der Waals surface area contributed by atoms with Crippen molar-refractivity contribution in [3.63, 3.8) is 0 Å². The maximum atomic E-state index is 10.9. The number of hydrogen-bond donors (Lipinski definition) is 1. The maximum absolute atomic E-state index is 10.9. The molecule has 5 heteroatoms. The molecular weight excluding hydrogens is 224 g/mol. The summed E-state index contributed by atoms with van der Waals surface area (Å²) in [5.74, 6) is -1.53. The highest BCUT2D eigenvalue weighted by Gasteiger charge is 2.09. The molecule has 1 N–H and O–H groups in total. The van der Waals surface area contributed by atoms with E-state index in [-0.39, 0.29) is 0 Å². The first-order chi connectivity index (χ1) is 8.10. The van der Waals surface area contributed by atoms with Crippen molar-refractivity contribution < 1.29 is 24.2 Å². The summed E-state index contributed by atoms with van der Waals surface area (Å²) in [5, 5.41) is 8.43. The SMILES string of the molecule is COc1cccc(C=CC(=O)C(=O)O)c1OC. The molecule has 0 radical (unpaired) electrons. The Bertz CT molecular complexity index is 462. The van der Waals surface area contributed by atoms with Gasteiger partial charge in [-0.1, -0.05) is 12.1 Å². The van der Waals surface area contributed by atoms with Gasteiger partial charge in [0.2, 0.25) is 0 Å². The van der Waals surface area contributed by atoms with E-state index in [1.54, 1.807) is 18.2 Å². The minimum Gasteiger partial charge on any atom is -0.493 e. The molecule has 0 saturated carbocycles. The molecular formula is C12H12O5. The Kier molecular flexibility index (Phi) is 4.28. The summed E-state index contributed by atoms with van der Waals surface area (Å²) >= 11 is 0. The minimum absolute atomic E-state index is 0.449. The topological polar surface area (TPSA) is 72.8 Å². The molecule has 0 spiro atoms. The molecule has 5 nitrogen and oxygen atoms in total. The van der Waals surface area contributed by atoms with Gasteiger partial charge in [0.25, 0.3) is 5.78 Å². The summed E-state index contributed by atoms with van der Waals surface area (Å²) in [6.07, 6.45) is 2.34. The van der Waals surface area contributed by atoms with Gasteiger partial charge in [0.15, 0.2) is 11.5 Å². The average Bonchev–Trinajstić information content (AvgIpc) is 2.34. The molecule has 0 aliphatic heterocycles. The van der Waals surface area contributed by atoms with E-state index in [4.69, 9.17) is 14.6 Å². The lowest BCUT2D eigenvalue weighted by molar-refractivity contribution is -0.146. The van der Waals surface area contributed by atoms with Gasteiger partial charge in [-0.05, 0) is 18.2 Å². The summed E-state index contributed by atoms with van der Waals surface area (Å²) in [4.78, 5) is 21.3. The number of benzene rings is 1. The molecule has 90 valence electrons. The van der Waals surface area contributed by atoms with Crippen LogP contribution in [0.25, 0.3) is 6.08 Å². The lowest BCUT2D eigenvalue weighted by atomic mass is 10.1. The van der Waals surface area contributed by atoms with E-state index in [1.165, 1.54) is 20.3 Å². The van der Waals surface area contributed by atoms with Gasteiger partial charge >= 0.3 is 5.97 Å². The second-order valence-corrected chi connectivity index (χ2v) is 3.09. The van der Waals surface area contributed by atoms with E-state index in [9.17, 15) is 9.59 Å². The third-order valence-electron chi connectivity index (χ3n) is 2.06. The van der Waals surface area contributed by atoms with Crippen molar-refractivity contribution in [1.29, 1.82) is 0 Å². The van der Waals surface area contributed by atoms with Crippen molar-refractivity contribution in [1.82, 2.24) is 0 Å². The Morgan fingerprint density at radius 1 is 1.24 bits per heavy atom. The van der Waals surface area contributed by atoms with E-state index < -0.39 is 11.8 Å². The normalized spacial score (nSPS) is 10.2. The van der Waals surface area contributed by atoms with Crippen molar-refractivity contribution in [2.75, 3.05) is 14.2 Å². The molecule has 0 amide bonds. The van der Waals surface area contributed by atoms with Crippen LogP contribution in [0.5, 0.6) is 11.5 Å². The van der Waals surface area contributed by atoms with Gasteiger partial charge in [-0.3, -0.25) is 4.79 Å². The van der Waals surface area contributed by atoms with Crippen LogP contribution in [0.3, 0.4) is 0 Å². The molecule has 0 atom stereocenters. The zero-order chi connectivity index (χ0) is 12.8. The van der Waals surface area contributed by atoms with E-state index in [0.717, 1.165) is 6.08 Å². The van der Waals surface area contributed by atoms with E-state index >= 15 is 0 Å². The van der Waals surface area contributed by atoms with E-state index in [0.29, 0.717) is 17.1 Å². The van der Waals surface area contributed by atoms with Crippen LogP contribution in [0.2, 0.25) is 0 Å². The van der Waals surface area contributed by atoms with Gasteiger partial charge in [-0.15, -0.1) is 0 Å². The number of hydrogen-bond acceptors (Lipinski definition) is 4. The van der Waals surface area contributed by atoms with Gasteiger partial charge in [-0.25, -0.2) is 4.79 Å². The third-order valence-corrected chi connectivity index (χ3v) is 2.06. The molecule has 0 bridgehead atoms. The van der Waals surface area contributed by atoms with Crippen LogP contribution < -0.4 is 9.47 Å². The number of ketones is 1. The summed E-state index contributed by atoms with van der Waals surface area (Å²) in [7, 11) is 2.96. The molecule has 0 aliphatic rings. The Hall–Kier alpha value is -2.30. The predicted octanol–water partition coefficient (Wildman–Crippen LogP) is 1.37. The molecule has 0 heterocycles. The number of carboxylic acid groups (broad SMARTS) is 1. The number of rotatable bonds is 5. The standard InChI is InChI=1S/C12H12O5/c1-16-10-5-3-4-8(11(10)17-2)6-7-9(13)12(14)15/h3-7H,1-2H3,(H,14,15). The highest BCUT2D eigenvalue weighted by Crippen LogP contribution is 2.31. The largest absolute Gasteiger partial charge is 0.493 e. The van der Waals surface area contributed by atoms with Gasteiger partial charge in [0.1, 0.15) is 0 Å². The monoisotopic (exact) mass is 236 g/mol. The summed E-state index contributed by atoms with van der Waals surface area (Å²) < 4.78 is 10.2. The Balaban J connectivity index is 3.06. The Morgan fingerprint density at radius 2 is 1.94 bits per heavy atom. The van der Waals surface area contributed by atoms with Crippen molar-refractivity contribution in [3.8, 4) is 11.5 Å². The first-order valence-electron chi connectivity index (χ1n) is 4.76. The zero-order valence-corrected chi connectivity index (χ0v) is 9.47. The third kappa shape index (κ3) is 3.07. The highest BCUT2D eigenvalue weighted by atomic mass is 16.5. The first-order valence-corrected chi connectivity index (χ1v) is 4.76. The quantitative estimate of drug-likeness (QED) is 0.617. The number of carboxylic acids is 1. The summed E-state index contributed by atoms with van der Waals surface area (Å²) in [6.45, 7) is 0. The molecule has 1 rings (SSSR count). The van der Waals surface area contributed by atoms with Crippen LogP contribution in [0.4, 0.5) is 0 Å². The van der Waals surface area contributed by atoms with Crippen molar-refractivity contribution in [3.05, 3.63) is 29.8 Å². The van der Waals surface area contributed by atoms with Crippen LogP contribution in [-0.2, 0) is 9.59 Å². The van der Waals surface area contributed by atoms with Crippen LogP contribution in [0, 0.1) is 0 Å². The van der Waals surface area contributed by atoms with Crippen LogP contribution in [0.1, 0.15) is 5.56 Å². The number of ether oxygens (including phenoxy) is 2. The predicted molar refractivity (Wildman–Crippen MR) is 61.2 cm³/mol. The van der Waals surface area contributed by atoms with Crippen LogP contribution >= 0.6 is 0 Å². The average molecular weight is 236 g/mol. The molecule has 0 saturated heterocycles. The first kappa shape index (κ1) is 12.8. The van der Waals surface area contributed by atoms with Gasteiger partial charge in [0, 0.05) is 5.56 Å². The van der Waals surface area contributed by atoms with E-state index in [1.807, 2.05) is 0 Å². The van der Waals surface area contributed by atoms with E-state index in [2.05, 4.69) is 0 Å². The second kappa shape index (κ2) is 5.69. The summed E-state index contributed by atoms with van der Waals surface area (Å²) in [5.41, 5.74) is 0.571. The Morgan fingerprint density at radius 3 is 2.47 bits per heavy atom. The highest BCUT2D eigenvalue weighted by molar-refractivity contribution is 6.38. The lowest BCUT2D eigenvalue weighted by Gasteiger charge is -2.09.